The molecule has 0 unspecified atom stereocenters. The quantitative estimate of drug-likeness (QED) is 0.102. The molecule has 0 aliphatic carbocycles. The van der Waals surface area contributed by atoms with Crippen LogP contribution in [0.2, 0.25) is 0 Å². The molecule has 1 aromatic rings. The first-order valence-corrected chi connectivity index (χ1v) is 15.4. The Kier molecular flexibility index (Phi) is 23.4. The highest BCUT2D eigenvalue weighted by Crippen LogP contribution is 2.18. The van der Waals surface area contributed by atoms with E-state index in [0.717, 1.165) is 31.2 Å². The number of rotatable bonds is 24. The lowest BCUT2D eigenvalue weighted by Crippen LogP contribution is -2.50. The van der Waals surface area contributed by atoms with Crippen LogP contribution in [0.5, 0.6) is 0 Å². The summed E-state index contributed by atoms with van der Waals surface area (Å²) in [7, 11) is 0. The van der Waals surface area contributed by atoms with Gasteiger partial charge in [-0.1, -0.05) is 115 Å². The number of hydrogen-bond donors (Lipinski definition) is 2. The van der Waals surface area contributed by atoms with E-state index in [1.54, 1.807) is 4.90 Å². The van der Waals surface area contributed by atoms with Crippen molar-refractivity contribution in [2.75, 3.05) is 6.54 Å². The highest BCUT2D eigenvalue weighted by Gasteiger charge is 2.28. The number of nitrogens with zero attached hydrogens (tertiary/aromatic N) is 1. The number of nitrogens with two attached hydrogens (primary N) is 2. The van der Waals surface area contributed by atoms with Gasteiger partial charge in [0.05, 0.1) is 6.04 Å². The summed E-state index contributed by atoms with van der Waals surface area (Å²) in [5.74, 6) is -0.859. The van der Waals surface area contributed by atoms with Crippen molar-refractivity contribution in [1.82, 2.24) is 4.90 Å². The van der Waals surface area contributed by atoms with Crippen LogP contribution < -0.4 is 11.5 Å². The fourth-order valence-corrected chi connectivity index (χ4v) is 4.97. The lowest BCUT2D eigenvalue weighted by molar-refractivity contribution is -0.145. The maximum absolute atomic E-state index is 13.3. The Hall–Kier alpha value is -2.12. The van der Waals surface area contributed by atoms with Crippen molar-refractivity contribution >= 4 is 30.2 Å². The summed E-state index contributed by atoms with van der Waals surface area (Å²) in [6.07, 6.45) is 16.5. The largest absolute Gasteiger partial charge is 0.461 e. The van der Waals surface area contributed by atoms with Crippen LogP contribution in [0.1, 0.15) is 129 Å². The summed E-state index contributed by atoms with van der Waals surface area (Å²) >= 11 is 0. The highest BCUT2D eigenvalue weighted by atomic mass is 35.5. The zero-order chi connectivity index (χ0) is 28.7. The number of amides is 2. The maximum atomic E-state index is 13.3. The summed E-state index contributed by atoms with van der Waals surface area (Å²) in [4.78, 5) is 39.0. The molecule has 0 saturated carbocycles. The zero-order valence-corrected chi connectivity index (χ0v) is 25.9. The van der Waals surface area contributed by atoms with Crippen LogP contribution in [0, 0.1) is 0 Å². The van der Waals surface area contributed by atoms with Gasteiger partial charge in [-0.25, -0.2) is 0 Å². The number of esters is 1. The topological polar surface area (TPSA) is 116 Å². The Morgan fingerprint density at radius 3 is 1.93 bits per heavy atom. The summed E-state index contributed by atoms with van der Waals surface area (Å²) in [5, 5.41) is 0. The molecule has 40 heavy (non-hydrogen) atoms. The fraction of sp³-hybridized carbons (Fsp3) is 0.719. The number of carbonyl (C=O) groups excluding carboxylic acids is 3. The van der Waals surface area contributed by atoms with Crippen molar-refractivity contribution in [3.05, 3.63) is 35.9 Å². The Bertz CT molecular complexity index is 794. The third-order valence-corrected chi connectivity index (χ3v) is 7.22. The van der Waals surface area contributed by atoms with Crippen molar-refractivity contribution in [2.24, 2.45) is 11.5 Å². The van der Waals surface area contributed by atoms with Crippen LogP contribution in [0.3, 0.4) is 0 Å². The lowest BCUT2D eigenvalue weighted by Gasteiger charge is -2.33. The van der Waals surface area contributed by atoms with Crippen molar-refractivity contribution in [1.29, 1.82) is 0 Å². The molecule has 0 aliphatic rings. The fourth-order valence-electron chi connectivity index (χ4n) is 4.97. The van der Waals surface area contributed by atoms with Crippen molar-refractivity contribution in [3.8, 4) is 0 Å². The second-order valence-corrected chi connectivity index (χ2v) is 10.8. The second-order valence-electron chi connectivity index (χ2n) is 10.8. The van der Waals surface area contributed by atoms with Crippen LogP contribution in [-0.2, 0) is 25.7 Å². The average molecular weight is 582 g/mol. The van der Waals surface area contributed by atoms with E-state index in [4.69, 9.17) is 16.2 Å². The average Bonchev–Trinajstić information content (AvgIpc) is 2.92. The van der Waals surface area contributed by atoms with E-state index in [0.29, 0.717) is 19.4 Å². The van der Waals surface area contributed by atoms with E-state index < -0.39 is 11.9 Å². The smallest absolute Gasteiger partial charge is 0.306 e. The predicted octanol–water partition coefficient (Wildman–Crippen LogP) is 6.83. The van der Waals surface area contributed by atoms with Crippen molar-refractivity contribution in [3.63, 3.8) is 0 Å². The summed E-state index contributed by atoms with van der Waals surface area (Å²) in [6, 6.07) is 8.59. The van der Waals surface area contributed by atoms with Gasteiger partial charge < -0.3 is 21.1 Å². The van der Waals surface area contributed by atoms with E-state index in [1.165, 1.54) is 57.8 Å². The van der Waals surface area contributed by atoms with Gasteiger partial charge >= 0.3 is 5.97 Å². The van der Waals surface area contributed by atoms with Gasteiger partial charge in [-0.15, -0.1) is 12.4 Å². The molecule has 2 atom stereocenters. The number of unbranched alkanes of at least 4 members (excludes halogenated alkanes) is 10. The van der Waals surface area contributed by atoms with Gasteiger partial charge in [-0.3, -0.25) is 14.4 Å². The Morgan fingerprint density at radius 2 is 1.38 bits per heavy atom. The number of benzene rings is 1. The Labute approximate surface area is 249 Å². The van der Waals surface area contributed by atoms with Gasteiger partial charge in [0.2, 0.25) is 11.8 Å². The minimum Gasteiger partial charge on any atom is -0.461 e. The van der Waals surface area contributed by atoms with Gasteiger partial charge in [-0.05, 0) is 31.2 Å². The van der Waals surface area contributed by atoms with Crippen molar-refractivity contribution in [2.45, 2.75) is 142 Å². The molecule has 0 saturated heterocycles. The van der Waals surface area contributed by atoms with Gasteiger partial charge in [-0.2, -0.15) is 0 Å². The van der Waals surface area contributed by atoms with E-state index in [2.05, 4.69) is 6.92 Å². The molecule has 0 aromatic heterocycles. The third-order valence-electron chi connectivity index (χ3n) is 7.22. The minimum atomic E-state index is -0.717. The first kappa shape index (κ1) is 37.9. The molecule has 0 aliphatic heterocycles. The SMILES string of the molecule is CCCCCCCCCCCCC[C@@H](CC(N)=O)N(CCC)C(=O)[C@@H](N)CCCC(=O)OCc1ccccc1.Cl. The van der Waals surface area contributed by atoms with Crippen LogP contribution in [0.15, 0.2) is 30.3 Å². The molecule has 0 bridgehead atoms. The molecule has 1 aromatic carbocycles. The summed E-state index contributed by atoms with van der Waals surface area (Å²) in [5.41, 5.74) is 12.8. The van der Waals surface area contributed by atoms with Gasteiger partial charge in [0.25, 0.3) is 0 Å². The number of hydrogen-bond acceptors (Lipinski definition) is 5. The van der Waals surface area contributed by atoms with E-state index in [9.17, 15) is 14.4 Å². The lowest BCUT2D eigenvalue weighted by atomic mass is 9.99. The highest BCUT2D eigenvalue weighted by molar-refractivity contribution is 5.85. The molecule has 4 N–H and O–H groups in total. The van der Waals surface area contributed by atoms with E-state index >= 15 is 0 Å². The molecule has 1 rings (SSSR count). The normalized spacial score (nSPS) is 12.3. The molecule has 0 heterocycles. The van der Waals surface area contributed by atoms with Crippen LogP contribution >= 0.6 is 12.4 Å². The van der Waals surface area contributed by atoms with Crippen molar-refractivity contribution < 1.29 is 19.1 Å². The maximum Gasteiger partial charge on any atom is 0.306 e. The molecule has 230 valence electrons. The first-order valence-electron chi connectivity index (χ1n) is 15.4. The third kappa shape index (κ3) is 18.3. The number of primary amides is 1. The molecular formula is C32H56ClN3O4. The van der Waals surface area contributed by atoms with Crippen LogP contribution in [-0.4, -0.2) is 41.3 Å². The number of halogens is 1. The summed E-state index contributed by atoms with van der Waals surface area (Å²) in [6.45, 7) is 5.04. The summed E-state index contributed by atoms with van der Waals surface area (Å²) < 4.78 is 5.32. The van der Waals surface area contributed by atoms with Gasteiger partial charge in [0, 0.05) is 25.4 Å². The Morgan fingerprint density at radius 1 is 0.800 bits per heavy atom. The van der Waals surface area contributed by atoms with E-state index in [1.807, 2.05) is 37.3 Å². The molecule has 0 fully saturated rings. The number of ether oxygens (including phenoxy) is 1. The first-order chi connectivity index (χ1) is 18.9. The standard InChI is InChI=1S/C32H55N3O4.ClH/c1-3-5-6-7-8-9-10-11-12-13-17-21-28(25-30(34)36)35(24-4-2)32(38)29(33)22-18-23-31(37)39-26-27-19-15-14-16-20-27;/h14-16,19-20,28-29H,3-13,17-18,21-26,33H2,1-2H3,(H2,34,36);1H/t28-,29-;/m0./s1. The molecule has 0 radical (unpaired) electrons. The molecular weight excluding hydrogens is 526 g/mol. The minimum absolute atomic E-state index is 0. The zero-order valence-electron chi connectivity index (χ0n) is 25.1. The number of carbonyl (C=O) groups is 3. The molecule has 7 nitrogen and oxygen atoms in total. The van der Waals surface area contributed by atoms with Crippen LogP contribution in [0.25, 0.3) is 0 Å². The van der Waals surface area contributed by atoms with Gasteiger partial charge in [0.1, 0.15) is 6.61 Å². The Balaban J connectivity index is 0.0000152. The van der Waals surface area contributed by atoms with E-state index in [-0.39, 0.29) is 49.8 Å². The van der Waals surface area contributed by atoms with Crippen LogP contribution in [0.4, 0.5) is 0 Å². The molecule has 8 heteroatoms. The monoisotopic (exact) mass is 581 g/mol. The van der Waals surface area contributed by atoms with Gasteiger partial charge in [0.15, 0.2) is 0 Å². The second kappa shape index (κ2) is 24.7. The molecule has 2 amide bonds. The molecule has 0 spiro atoms. The predicted molar refractivity (Wildman–Crippen MR) is 166 cm³/mol.